The number of aryl methyl sites for hydroxylation is 1. The Morgan fingerprint density at radius 3 is 2.48 bits per heavy atom. The number of hydrogen-bond donors (Lipinski definition) is 1. The maximum Gasteiger partial charge on any atom is 0.267 e. The summed E-state index contributed by atoms with van der Waals surface area (Å²) in [6.45, 7) is 3.89. The van der Waals surface area contributed by atoms with Gasteiger partial charge in [-0.15, -0.1) is 12.4 Å². The zero-order chi connectivity index (χ0) is 20.7. The lowest BCUT2D eigenvalue weighted by atomic mass is 10.1. The first-order valence-corrected chi connectivity index (χ1v) is 11.6. The summed E-state index contributed by atoms with van der Waals surface area (Å²) in [5.74, 6) is 1.66. The fraction of sp³-hybridized carbons (Fsp3) is 0.273. The van der Waals surface area contributed by atoms with Crippen molar-refractivity contribution in [1.82, 2.24) is 18.9 Å². The largest absolute Gasteiger partial charge is 0.355 e. The molecule has 4 aromatic rings. The summed E-state index contributed by atoms with van der Waals surface area (Å²) < 4.78 is 27.0. The van der Waals surface area contributed by atoms with Crippen LogP contribution in [0.15, 0.2) is 59.8 Å². The van der Waals surface area contributed by atoms with Crippen LogP contribution in [0.5, 0.6) is 0 Å². The van der Waals surface area contributed by atoms with E-state index < -0.39 is 10.0 Å². The Morgan fingerprint density at radius 2 is 1.74 bits per heavy atom. The van der Waals surface area contributed by atoms with Gasteiger partial charge in [0, 0.05) is 36.7 Å². The number of aromatic nitrogens is 4. The molecule has 0 unspecified atom stereocenters. The van der Waals surface area contributed by atoms with E-state index >= 15 is 0 Å². The molecule has 1 fully saturated rings. The molecule has 3 aromatic heterocycles. The number of nitrogens with zero attached hydrogens (tertiary/aromatic N) is 4. The van der Waals surface area contributed by atoms with Crippen molar-refractivity contribution in [1.29, 1.82) is 0 Å². The molecule has 0 atom stereocenters. The third-order valence-corrected chi connectivity index (χ3v) is 7.17. The lowest BCUT2D eigenvalue weighted by Gasteiger charge is -2.28. The van der Waals surface area contributed by atoms with Gasteiger partial charge in [-0.3, -0.25) is 0 Å². The molecule has 5 rings (SSSR count). The van der Waals surface area contributed by atoms with Gasteiger partial charge in [-0.2, -0.15) is 0 Å². The van der Waals surface area contributed by atoms with Crippen molar-refractivity contribution < 1.29 is 8.42 Å². The molecule has 1 saturated heterocycles. The molecule has 0 saturated carbocycles. The van der Waals surface area contributed by atoms with E-state index in [4.69, 9.17) is 4.98 Å². The van der Waals surface area contributed by atoms with Gasteiger partial charge in [-0.05, 0) is 50.5 Å². The van der Waals surface area contributed by atoms with Gasteiger partial charge in [-0.25, -0.2) is 22.4 Å². The molecule has 0 spiro atoms. The first kappa shape index (κ1) is 21.4. The van der Waals surface area contributed by atoms with Crippen molar-refractivity contribution in [2.24, 2.45) is 0 Å². The fourth-order valence-corrected chi connectivity index (χ4v) is 5.22. The summed E-state index contributed by atoms with van der Waals surface area (Å²) in [6, 6.07) is 12.2. The van der Waals surface area contributed by atoms with Crippen LogP contribution in [0.4, 0.5) is 5.82 Å². The minimum absolute atomic E-state index is 0. The first-order chi connectivity index (χ1) is 14.5. The summed E-state index contributed by atoms with van der Waals surface area (Å²) in [4.78, 5) is 15.3. The number of aromatic amines is 1. The summed E-state index contributed by atoms with van der Waals surface area (Å²) in [7, 11) is -3.62. The van der Waals surface area contributed by atoms with E-state index in [1.807, 2.05) is 13.0 Å². The molecule has 1 aliphatic heterocycles. The van der Waals surface area contributed by atoms with Crippen molar-refractivity contribution >= 4 is 39.3 Å². The molecule has 0 amide bonds. The number of nitrogens with one attached hydrogen (secondary N) is 1. The van der Waals surface area contributed by atoms with Crippen LogP contribution in [0.1, 0.15) is 25.1 Å². The van der Waals surface area contributed by atoms with Gasteiger partial charge in [0.15, 0.2) is 5.82 Å². The second-order valence-corrected chi connectivity index (χ2v) is 9.48. The molecular weight excluding hydrogens is 434 g/mol. The Bertz CT molecular complexity index is 1310. The highest BCUT2D eigenvalue weighted by Crippen LogP contribution is 2.31. The Balaban J connectivity index is 0.00000231. The molecule has 1 aliphatic rings. The van der Waals surface area contributed by atoms with Crippen LogP contribution in [0.3, 0.4) is 0 Å². The number of H-pyrrole nitrogens is 1. The minimum atomic E-state index is -3.62. The minimum Gasteiger partial charge on any atom is -0.355 e. The van der Waals surface area contributed by atoms with Crippen molar-refractivity contribution in [3.63, 3.8) is 0 Å². The van der Waals surface area contributed by atoms with Crippen LogP contribution >= 0.6 is 12.4 Å². The van der Waals surface area contributed by atoms with E-state index in [9.17, 15) is 8.42 Å². The summed E-state index contributed by atoms with van der Waals surface area (Å²) in [5.41, 5.74) is 3.35. The van der Waals surface area contributed by atoms with E-state index in [0.717, 1.165) is 59.9 Å². The first-order valence-electron chi connectivity index (χ1n) is 10.1. The van der Waals surface area contributed by atoms with Crippen LogP contribution in [-0.4, -0.2) is 40.4 Å². The summed E-state index contributed by atoms with van der Waals surface area (Å²) >= 11 is 0. The number of hydrogen-bond acceptors (Lipinski definition) is 5. The second-order valence-electron chi connectivity index (χ2n) is 7.63. The molecule has 0 aliphatic carbocycles. The number of benzene rings is 1. The van der Waals surface area contributed by atoms with Crippen molar-refractivity contribution in [2.75, 3.05) is 18.0 Å². The second kappa shape index (κ2) is 8.36. The van der Waals surface area contributed by atoms with Gasteiger partial charge >= 0.3 is 0 Å². The van der Waals surface area contributed by atoms with E-state index in [0.29, 0.717) is 0 Å². The fourth-order valence-electron chi connectivity index (χ4n) is 4.00. The Morgan fingerprint density at radius 1 is 1.00 bits per heavy atom. The molecule has 7 nitrogen and oxygen atoms in total. The quantitative estimate of drug-likeness (QED) is 0.491. The summed E-state index contributed by atoms with van der Waals surface area (Å²) in [5, 5.41) is 0. The van der Waals surface area contributed by atoms with Gasteiger partial charge in [0.1, 0.15) is 11.3 Å². The Hall–Kier alpha value is -2.84. The van der Waals surface area contributed by atoms with Crippen LogP contribution in [0.25, 0.3) is 22.3 Å². The maximum absolute atomic E-state index is 12.9. The number of halogens is 1. The van der Waals surface area contributed by atoms with Crippen LogP contribution in [0.2, 0.25) is 0 Å². The monoisotopic (exact) mass is 457 g/mol. The smallest absolute Gasteiger partial charge is 0.267 e. The Kier molecular flexibility index (Phi) is 5.77. The van der Waals surface area contributed by atoms with E-state index in [-0.39, 0.29) is 17.3 Å². The number of rotatable bonds is 4. The average molecular weight is 458 g/mol. The van der Waals surface area contributed by atoms with Gasteiger partial charge in [0.25, 0.3) is 10.0 Å². The van der Waals surface area contributed by atoms with Crippen LogP contribution < -0.4 is 4.90 Å². The number of fused-ring (bicyclic) bond motifs is 1. The SMILES string of the molecule is Cc1nc(N2CCCCC2)c2[nH]c(-c3ccn(S(=O)(=O)c4ccccc4)c3)cc2n1.Cl. The van der Waals surface area contributed by atoms with Gasteiger partial charge in [0.05, 0.1) is 10.4 Å². The molecule has 0 radical (unpaired) electrons. The average Bonchev–Trinajstić information content (AvgIpc) is 3.42. The van der Waals surface area contributed by atoms with E-state index in [1.54, 1.807) is 48.8 Å². The highest BCUT2D eigenvalue weighted by Gasteiger charge is 2.20. The van der Waals surface area contributed by atoms with Crippen molar-refractivity contribution in [3.05, 3.63) is 60.7 Å². The standard InChI is InChI=1S/C22H23N5O2S.ClH/c1-16-23-20-14-19(25-21(20)22(24-16)26-11-6-3-7-12-26)17-10-13-27(15-17)30(28,29)18-8-4-2-5-9-18;/h2,4-5,8-10,13-15,25H,3,6-7,11-12H2,1H3;1H. The molecule has 162 valence electrons. The third-order valence-electron chi connectivity index (χ3n) is 5.52. The lowest BCUT2D eigenvalue weighted by Crippen LogP contribution is -2.30. The van der Waals surface area contributed by atoms with Gasteiger partial charge in [-0.1, -0.05) is 18.2 Å². The van der Waals surface area contributed by atoms with E-state index in [1.165, 1.54) is 10.4 Å². The Labute approximate surface area is 187 Å². The molecule has 1 aromatic carbocycles. The van der Waals surface area contributed by atoms with Crippen LogP contribution in [0, 0.1) is 6.92 Å². The van der Waals surface area contributed by atoms with Crippen molar-refractivity contribution in [2.45, 2.75) is 31.1 Å². The highest BCUT2D eigenvalue weighted by atomic mass is 35.5. The highest BCUT2D eigenvalue weighted by molar-refractivity contribution is 7.90. The predicted molar refractivity (Wildman–Crippen MR) is 124 cm³/mol. The van der Waals surface area contributed by atoms with Gasteiger partial charge < -0.3 is 9.88 Å². The molecule has 9 heteroatoms. The lowest BCUT2D eigenvalue weighted by molar-refractivity contribution is 0.574. The number of piperidine rings is 1. The third kappa shape index (κ3) is 3.93. The summed E-state index contributed by atoms with van der Waals surface area (Å²) in [6.07, 6.45) is 6.79. The molecule has 4 heterocycles. The zero-order valence-electron chi connectivity index (χ0n) is 17.2. The molecule has 0 bridgehead atoms. The maximum atomic E-state index is 12.9. The van der Waals surface area contributed by atoms with Crippen LogP contribution in [-0.2, 0) is 10.0 Å². The number of anilines is 1. The molecular formula is C22H24ClN5O2S. The zero-order valence-corrected chi connectivity index (χ0v) is 18.8. The van der Waals surface area contributed by atoms with E-state index in [2.05, 4.69) is 14.9 Å². The molecule has 31 heavy (non-hydrogen) atoms. The normalized spacial score (nSPS) is 14.5. The predicted octanol–water partition coefficient (Wildman–Crippen LogP) is 4.38. The van der Waals surface area contributed by atoms with Crippen molar-refractivity contribution in [3.8, 4) is 11.3 Å². The molecule has 1 N–H and O–H groups in total. The topological polar surface area (TPSA) is 83.9 Å². The van der Waals surface area contributed by atoms with Gasteiger partial charge in [0.2, 0.25) is 0 Å².